The molecule has 0 saturated carbocycles. The number of halogens is 3. The largest absolute Gasteiger partial charge is 0.479 e. The number of carboxylic acids is 1. The fraction of sp³-hybridized carbons (Fsp3) is 0.222. The molecule has 0 aliphatic carbocycles. The average Bonchev–Trinajstić information content (AvgIpc) is 2.17. The number of aliphatic carboxylic acids is 1. The smallest absolute Gasteiger partial charge is 0.416 e. The number of hydrogen-bond acceptors (Lipinski definition) is 3. The van der Waals surface area contributed by atoms with Crippen LogP contribution in [0.5, 0.6) is 0 Å². The first-order valence-corrected chi connectivity index (χ1v) is 4.11. The van der Waals surface area contributed by atoms with Gasteiger partial charge in [0.2, 0.25) is 6.10 Å². The van der Waals surface area contributed by atoms with Gasteiger partial charge >= 0.3 is 12.1 Å². The minimum absolute atomic E-state index is 0.0444. The van der Waals surface area contributed by atoms with Crippen LogP contribution in [0.1, 0.15) is 17.2 Å². The first-order valence-electron chi connectivity index (χ1n) is 4.11. The molecule has 16 heavy (non-hydrogen) atoms. The number of carbonyl (C=O) groups is 1. The molecule has 1 atom stereocenters. The molecule has 0 radical (unpaired) electrons. The van der Waals surface area contributed by atoms with Crippen LogP contribution in [-0.2, 0) is 15.8 Å². The number of hydrogen-bond donors (Lipinski definition) is 2. The lowest BCUT2D eigenvalue weighted by atomic mass is 10.1. The molecule has 4 nitrogen and oxygen atoms in total. The van der Waals surface area contributed by atoms with E-state index in [1.54, 1.807) is 0 Å². The van der Waals surface area contributed by atoms with Crippen LogP contribution in [0, 0.1) is 0 Å². The summed E-state index contributed by atoms with van der Waals surface area (Å²) in [6.45, 7) is 0. The average molecular weight is 235 g/mol. The molecular weight excluding hydrogens is 227 g/mol. The van der Waals surface area contributed by atoms with Crippen molar-refractivity contribution in [3.05, 3.63) is 35.4 Å². The molecule has 0 bridgehead atoms. The van der Waals surface area contributed by atoms with Crippen molar-refractivity contribution >= 4 is 5.97 Å². The van der Waals surface area contributed by atoms with Crippen LogP contribution in [-0.4, -0.2) is 11.1 Å². The first-order chi connectivity index (χ1) is 7.36. The van der Waals surface area contributed by atoms with E-state index in [-0.39, 0.29) is 5.56 Å². The van der Waals surface area contributed by atoms with Gasteiger partial charge in [-0.15, -0.1) is 0 Å². The van der Waals surface area contributed by atoms with Gasteiger partial charge in [-0.25, -0.2) is 10.7 Å². The Kier molecular flexibility index (Phi) is 3.51. The molecule has 0 fully saturated rings. The van der Waals surface area contributed by atoms with Crippen LogP contribution in [0.2, 0.25) is 0 Å². The molecular formula is C9H8F3NO3. The van der Waals surface area contributed by atoms with E-state index >= 15 is 0 Å². The van der Waals surface area contributed by atoms with Crippen molar-refractivity contribution in [1.82, 2.24) is 0 Å². The van der Waals surface area contributed by atoms with Crippen molar-refractivity contribution < 1.29 is 27.9 Å². The highest BCUT2D eigenvalue weighted by molar-refractivity contribution is 5.74. The van der Waals surface area contributed by atoms with Crippen LogP contribution in [0.25, 0.3) is 0 Å². The van der Waals surface area contributed by atoms with Crippen molar-refractivity contribution in [3.8, 4) is 0 Å². The fourth-order valence-electron chi connectivity index (χ4n) is 1.13. The Labute approximate surface area is 88.4 Å². The zero-order valence-electron chi connectivity index (χ0n) is 7.86. The summed E-state index contributed by atoms with van der Waals surface area (Å²) in [4.78, 5) is 14.7. The molecule has 88 valence electrons. The van der Waals surface area contributed by atoms with Gasteiger partial charge in [0.15, 0.2) is 0 Å². The summed E-state index contributed by atoms with van der Waals surface area (Å²) < 4.78 is 36.6. The van der Waals surface area contributed by atoms with Crippen molar-refractivity contribution in [1.29, 1.82) is 0 Å². The van der Waals surface area contributed by atoms with Gasteiger partial charge in [-0.2, -0.15) is 13.2 Å². The van der Waals surface area contributed by atoms with E-state index in [1.165, 1.54) is 0 Å². The van der Waals surface area contributed by atoms with Crippen LogP contribution in [0.15, 0.2) is 24.3 Å². The monoisotopic (exact) mass is 235 g/mol. The van der Waals surface area contributed by atoms with E-state index in [9.17, 15) is 18.0 Å². The maximum Gasteiger partial charge on any atom is 0.416 e. The topological polar surface area (TPSA) is 72.5 Å². The molecule has 0 spiro atoms. The van der Waals surface area contributed by atoms with Gasteiger partial charge in [0.1, 0.15) is 0 Å². The molecule has 1 unspecified atom stereocenters. The Hall–Kier alpha value is -1.60. The van der Waals surface area contributed by atoms with Gasteiger partial charge in [-0.1, -0.05) is 12.1 Å². The molecule has 3 N–H and O–H groups in total. The lowest BCUT2D eigenvalue weighted by molar-refractivity contribution is -0.151. The summed E-state index contributed by atoms with van der Waals surface area (Å²) in [5.41, 5.74) is -0.819. The normalized spacial score (nSPS) is 13.5. The van der Waals surface area contributed by atoms with Gasteiger partial charge in [0.25, 0.3) is 0 Å². The molecule has 1 aromatic carbocycles. The molecule has 7 heteroatoms. The highest BCUT2D eigenvalue weighted by Crippen LogP contribution is 2.30. The molecule has 0 aromatic heterocycles. The zero-order valence-corrected chi connectivity index (χ0v) is 7.86. The van der Waals surface area contributed by atoms with E-state index in [2.05, 4.69) is 4.84 Å². The highest BCUT2D eigenvalue weighted by Gasteiger charge is 2.30. The SMILES string of the molecule is NOC(C(=O)O)c1ccc(C(F)(F)F)cc1. The maximum atomic E-state index is 12.2. The number of nitrogens with two attached hydrogens (primary N) is 1. The Morgan fingerprint density at radius 2 is 1.81 bits per heavy atom. The summed E-state index contributed by atoms with van der Waals surface area (Å²) >= 11 is 0. The number of carboxylic acid groups (broad SMARTS) is 1. The summed E-state index contributed by atoms with van der Waals surface area (Å²) in [5, 5.41) is 8.63. The van der Waals surface area contributed by atoms with Crippen LogP contribution in [0.4, 0.5) is 13.2 Å². The van der Waals surface area contributed by atoms with Crippen LogP contribution < -0.4 is 5.90 Å². The highest BCUT2D eigenvalue weighted by atomic mass is 19.4. The summed E-state index contributed by atoms with van der Waals surface area (Å²) in [6.07, 6.45) is -5.93. The number of benzene rings is 1. The Bertz CT molecular complexity index is 375. The quantitative estimate of drug-likeness (QED) is 0.782. The third kappa shape index (κ3) is 2.71. The van der Waals surface area contributed by atoms with E-state index in [1.807, 2.05) is 0 Å². The second-order valence-electron chi connectivity index (χ2n) is 2.97. The minimum Gasteiger partial charge on any atom is -0.479 e. The standard InChI is InChI=1S/C9H8F3NO3/c10-9(11,12)6-3-1-5(2-4-6)7(16-13)8(14)15/h1-4,7H,13H2,(H,14,15). The van der Waals surface area contributed by atoms with Gasteiger partial charge in [-0.3, -0.25) is 4.84 Å². The number of rotatable bonds is 3. The Morgan fingerprint density at radius 3 is 2.12 bits per heavy atom. The predicted octanol–water partition coefficient (Wildman–Crippen LogP) is 1.72. The van der Waals surface area contributed by atoms with Crippen molar-refractivity contribution in [2.75, 3.05) is 0 Å². The Balaban J connectivity index is 2.98. The molecule has 1 aromatic rings. The lowest BCUT2D eigenvalue weighted by Gasteiger charge is -2.11. The third-order valence-electron chi connectivity index (χ3n) is 1.90. The third-order valence-corrected chi connectivity index (χ3v) is 1.90. The Morgan fingerprint density at radius 1 is 1.31 bits per heavy atom. The predicted molar refractivity (Wildman–Crippen MR) is 47.1 cm³/mol. The first kappa shape index (κ1) is 12.5. The van der Waals surface area contributed by atoms with E-state index < -0.39 is 23.8 Å². The second kappa shape index (κ2) is 4.50. The molecule has 0 aliphatic heterocycles. The molecule has 0 amide bonds. The van der Waals surface area contributed by atoms with Gasteiger partial charge in [0, 0.05) is 0 Å². The van der Waals surface area contributed by atoms with E-state index in [4.69, 9.17) is 11.0 Å². The maximum absolute atomic E-state index is 12.2. The van der Waals surface area contributed by atoms with Crippen molar-refractivity contribution in [2.45, 2.75) is 12.3 Å². The van der Waals surface area contributed by atoms with Crippen LogP contribution >= 0.6 is 0 Å². The second-order valence-corrected chi connectivity index (χ2v) is 2.97. The molecule has 0 aliphatic rings. The lowest BCUT2D eigenvalue weighted by Crippen LogP contribution is -2.18. The van der Waals surface area contributed by atoms with E-state index in [0.717, 1.165) is 24.3 Å². The molecule has 0 heterocycles. The minimum atomic E-state index is -4.46. The van der Waals surface area contributed by atoms with Crippen molar-refractivity contribution in [2.24, 2.45) is 5.90 Å². The molecule has 1 rings (SSSR count). The number of alkyl halides is 3. The summed E-state index contributed by atoms with van der Waals surface area (Å²) in [7, 11) is 0. The van der Waals surface area contributed by atoms with Crippen LogP contribution in [0.3, 0.4) is 0 Å². The van der Waals surface area contributed by atoms with Gasteiger partial charge in [-0.05, 0) is 17.7 Å². The van der Waals surface area contributed by atoms with Gasteiger partial charge < -0.3 is 5.11 Å². The fourth-order valence-corrected chi connectivity index (χ4v) is 1.13. The van der Waals surface area contributed by atoms with Crippen molar-refractivity contribution in [3.63, 3.8) is 0 Å². The summed E-state index contributed by atoms with van der Waals surface area (Å²) in [5.74, 6) is 3.35. The summed E-state index contributed by atoms with van der Waals surface area (Å²) in [6, 6.07) is 3.55. The zero-order chi connectivity index (χ0) is 12.3. The van der Waals surface area contributed by atoms with Gasteiger partial charge in [0.05, 0.1) is 5.56 Å². The van der Waals surface area contributed by atoms with E-state index in [0.29, 0.717) is 0 Å². The molecule has 0 saturated heterocycles.